The Morgan fingerprint density at radius 3 is 2.77 bits per heavy atom. The van der Waals surface area contributed by atoms with Crippen molar-refractivity contribution in [3.8, 4) is 0 Å². The summed E-state index contributed by atoms with van der Waals surface area (Å²) in [5, 5.41) is 4.19. The van der Waals surface area contributed by atoms with E-state index in [1.807, 2.05) is 17.9 Å². The fourth-order valence-electron chi connectivity index (χ4n) is 2.13. The van der Waals surface area contributed by atoms with Gasteiger partial charge < -0.3 is 5.73 Å². The maximum atomic E-state index is 6.22. The molecule has 1 heterocycles. The van der Waals surface area contributed by atoms with E-state index in [4.69, 9.17) is 5.73 Å². The van der Waals surface area contributed by atoms with Gasteiger partial charge in [0, 0.05) is 30.4 Å². The quantitative estimate of drug-likeness (QED) is 0.762. The second-order valence-corrected chi connectivity index (χ2v) is 4.07. The first-order valence-electron chi connectivity index (χ1n) is 4.94. The van der Waals surface area contributed by atoms with E-state index < -0.39 is 0 Å². The van der Waals surface area contributed by atoms with Crippen molar-refractivity contribution in [3.63, 3.8) is 0 Å². The van der Waals surface area contributed by atoms with Gasteiger partial charge in [0.2, 0.25) is 0 Å². The minimum absolute atomic E-state index is 0.0720. The molecule has 1 aliphatic rings. The predicted molar refractivity (Wildman–Crippen MR) is 52.4 cm³/mol. The van der Waals surface area contributed by atoms with Crippen LogP contribution in [-0.4, -0.2) is 15.3 Å². The van der Waals surface area contributed by atoms with Crippen molar-refractivity contribution < 1.29 is 0 Å². The van der Waals surface area contributed by atoms with Gasteiger partial charge in [0.05, 0.1) is 0 Å². The van der Waals surface area contributed by atoms with Crippen LogP contribution >= 0.6 is 0 Å². The molecule has 72 valence electrons. The van der Waals surface area contributed by atoms with E-state index in [1.165, 1.54) is 5.69 Å². The number of aryl methyl sites for hydroxylation is 1. The molecule has 0 saturated heterocycles. The van der Waals surface area contributed by atoms with Gasteiger partial charge in [0.15, 0.2) is 0 Å². The summed E-state index contributed by atoms with van der Waals surface area (Å²) in [6.45, 7) is 2.20. The summed E-state index contributed by atoms with van der Waals surface area (Å²) in [7, 11) is 1.99. The summed E-state index contributed by atoms with van der Waals surface area (Å²) in [6.07, 6.45) is 5.28. The monoisotopic (exact) mass is 179 g/mol. The van der Waals surface area contributed by atoms with Crippen molar-refractivity contribution in [2.24, 2.45) is 12.8 Å². The smallest absolute Gasteiger partial charge is 0.0492 e. The lowest BCUT2D eigenvalue weighted by molar-refractivity contribution is 0.472. The van der Waals surface area contributed by atoms with E-state index >= 15 is 0 Å². The van der Waals surface area contributed by atoms with E-state index in [1.54, 1.807) is 0 Å². The zero-order valence-electron chi connectivity index (χ0n) is 8.33. The van der Waals surface area contributed by atoms with Crippen LogP contribution in [0.3, 0.4) is 0 Å². The lowest BCUT2D eigenvalue weighted by Crippen LogP contribution is -2.31. The summed E-state index contributed by atoms with van der Waals surface area (Å²) in [4.78, 5) is 0. The first-order valence-corrected chi connectivity index (χ1v) is 4.94. The molecule has 13 heavy (non-hydrogen) atoms. The fourth-order valence-corrected chi connectivity index (χ4v) is 2.13. The zero-order chi connectivity index (χ0) is 9.47. The Labute approximate surface area is 78.9 Å². The van der Waals surface area contributed by atoms with Gasteiger partial charge in [-0.2, -0.15) is 5.10 Å². The first kappa shape index (κ1) is 8.75. The number of hydrogen-bond donors (Lipinski definition) is 1. The van der Waals surface area contributed by atoms with E-state index in [-0.39, 0.29) is 5.54 Å². The van der Waals surface area contributed by atoms with Crippen molar-refractivity contribution in [1.82, 2.24) is 9.78 Å². The van der Waals surface area contributed by atoms with Gasteiger partial charge >= 0.3 is 0 Å². The van der Waals surface area contributed by atoms with Crippen LogP contribution in [0.2, 0.25) is 0 Å². The minimum atomic E-state index is 0.0720. The molecule has 0 bridgehead atoms. The van der Waals surface area contributed by atoms with E-state index in [9.17, 15) is 0 Å². The molecule has 1 fully saturated rings. The average molecular weight is 179 g/mol. The third-order valence-corrected chi connectivity index (χ3v) is 3.15. The fraction of sp³-hybridized carbons (Fsp3) is 0.700. The van der Waals surface area contributed by atoms with Crippen LogP contribution in [0.4, 0.5) is 0 Å². The first-order chi connectivity index (χ1) is 6.17. The van der Waals surface area contributed by atoms with Gasteiger partial charge in [0.25, 0.3) is 0 Å². The summed E-state index contributed by atoms with van der Waals surface area (Å²) in [5.74, 6) is 0.486. The maximum Gasteiger partial charge on any atom is 0.0492 e. The van der Waals surface area contributed by atoms with Crippen LogP contribution in [-0.2, 0) is 7.05 Å². The topological polar surface area (TPSA) is 43.8 Å². The average Bonchev–Trinajstić information content (AvgIpc) is 2.69. The lowest BCUT2D eigenvalue weighted by atomic mass is 9.92. The van der Waals surface area contributed by atoms with Crippen molar-refractivity contribution in [2.45, 2.75) is 37.6 Å². The van der Waals surface area contributed by atoms with Gasteiger partial charge in [-0.25, -0.2) is 0 Å². The Kier molecular flexibility index (Phi) is 1.91. The van der Waals surface area contributed by atoms with Crippen molar-refractivity contribution in [1.29, 1.82) is 0 Å². The molecule has 2 rings (SSSR count). The number of nitrogens with zero attached hydrogens (tertiary/aromatic N) is 2. The highest BCUT2D eigenvalue weighted by Crippen LogP contribution is 2.46. The maximum absolute atomic E-state index is 6.22. The van der Waals surface area contributed by atoms with Gasteiger partial charge in [-0.3, -0.25) is 4.68 Å². The third kappa shape index (κ3) is 1.37. The molecule has 1 aliphatic carbocycles. The second kappa shape index (κ2) is 2.84. The Morgan fingerprint density at radius 1 is 1.69 bits per heavy atom. The molecule has 1 unspecified atom stereocenters. The predicted octanol–water partition coefficient (Wildman–Crippen LogP) is 1.41. The van der Waals surface area contributed by atoms with Gasteiger partial charge in [-0.1, -0.05) is 6.92 Å². The highest BCUT2D eigenvalue weighted by molar-refractivity contribution is 5.20. The zero-order valence-corrected chi connectivity index (χ0v) is 8.33. The lowest BCUT2D eigenvalue weighted by Gasteiger charge is -2.21. The SMILES string of the molecule is CCC(c1ccnn1C)C1(N)CC1. The molecule has 3 heteroatoms. The van der Waals surface area contributed by atoms with E-state index in [2.05, 4.69) is 18.1 Å². The normalized spacial score (nSPS) is 21.5. The van der Waals surface area contributed by atoms with Crippen molar-refractivity contribution in [3.05, 3.63) is 18.0 Å². The van der Waals surface area contributed by atoms with Crippen LogP contribution in [0, 0.1) is 0 Å². The van der Waals surface area contributed by atoms with Gasteiger partial charge in [-0.15, -0.1) is 0 Å². The number of hydrogen-bond acceptors (Lipinski definition) is 2. The van der Waals surface area contributed by atoms with Crippen molar-refractivity contribution in [2.75, 3.05) is 0 Å². The van der Waals surface area contributed by atoms with Gasteiger partial charge in [-0.05, 0) is 25.3 Å². The molecule has 1 aromatic heterocycles. The third-order valence-electron chi connectivity index (χ3n) is 3.15. The molecular formula is C10H17N3. The molecule has 0 aromatic carbocycles. The molecular weight excluding hydrogens is 162 g/mol. The highest BCUT2D eigenvalue weighted by atomic mass is 15.3. The van der Waals surface area contributed by atoms with Crippen LogP contribution in [0.25, 0.3) is 0 Å². The number of nitrogens with two attached hydrogens (primary N) is 1. The molecule has 1 atom stereocenters. The summed E-state index contributed by atoms with van der Waals surface area (Å²) < 4.78 is 1.95. The molecule has 0 amide bonds. The molecule has 0 aliphatic heterocycles. The Hall–Kier alpha value is -0.830. The van der Waals surface area contributed by atoms with Gasteiger partial charge in [0.1, 0.15) is 0 Å². The summed E-state index contributed by atoms with van der Waals surface area (Å²) in [6, 6.07) is 2.08. The van der Waals surface area contributed by atoms with Crippen LogP contribution in [0.5, 0.6) is 0 Å². The molecule has 1 saturated carbocycles. The standard InChI is InChI=1S/C10H17N3/c1-3-8(10(11)5-6-10)9-4-7-12-13(9)2/h4,7-8H,3,5-6,11H2,1-2H3. The molecule has 3 nitrogen and oxygen atoms in total. The minimum Gasteiger partial charge on any atom is -0.324 e. The van der Waals surface area contributed by atoms with E-state index in [0.29, 0.717) is 5.92 Å². The molecule has 2 N–H and O–H groups in total. The highest BCUT2D eigenvalue weighted by Gasteiger charge is 2.46. The summed E-state index contributed by atoms with van der Waals surface area (Å²) in [5.41, 5.74) is 7.57. The Balaban J connectivity index is 2.27. The Morgan fingerprint density at radius 2 is 2.38 bits per heavy atom. The second-order valence-electron chi connectivity index (χ2n) is 4.07. The number of aromatic nitrogens is 2. The van der Waals surface area contributed by atoms with Crippen LogP contribution in [0.1, 0.15) is 37.8 Å². The molecule has 0 spiro atoms. The van der Waals surface area contributed by atoms with Crippen LogP contribution in [0.15, 0.2) is 12.3 Å². The van der Waals surface area contributed by atoms with Crippen molar-refractivity contribution >= 4 is 0 Å². The Bertz CT molecular complexity index is 299. The van der Waals surface area contributed by atoms with Crippen LogP contribution < -0.4 is 5.73 Å². The largest absolute Gasteiger partial charge is 0.324 e. The molecule has 1 aromatic rings. The summed E-state index contributed by atoms with van der Waals surface area (Å²) >= 11 is 0. The number of rotatable bonds is 3. The van der Waals surface area contributed by atoms with E-state index in [0.717, 1.165) is 19.3 Å². The molecule has 0 radical (unpaired) electrons.